The molecular weight excluding hydrogens is 243 g/mol. The van der Waals surface area contributed by atoms with E-state index in [0.717, 1.165) is 11.5 Å². The van der Waals surface area contributed by atoms with E-state index < -0.39 is 18.6 Å². The Balaban J connectivity index is 2.76. The summed E-state index contributed by atoms with van der Waals surface area (Å²) < 4.78 is 40.1. The highest BCUT2D eigenvalue weighted by Gasteiger charge is 2.38. The lowest BCUT2D eigenvalue weighted by atomic mass is 10.1. The first kappa shape index (κ1) is 12.4. The van der Waals surface area contributed by atoms with Crippen molar-refractivity contribution in [3.05, 3.63) is 30.1 Å². The van der Waals surface area contributed by atoms with Gasteiger partial charge in [0.15, 0.2) is 0 Å². The number of nitrogens with zero attached hydrogens (tertiary/aromatic N) is 3. The van der Waals surface area contributed by atoms with Gasteiger partial charge >= 0.3 is 0 Å². The largest absolute Gasteiger partial charge is 0.317 e. The molecule has 1 unspecified atom stereocenters. The van der Waals surface area contributed by atoms with Crippen LogP contribution in [0.4, 0.5) is 13.2 Å². The van der Waals surface area contributed by atoms with E-state index >= 15 is 0 Å². The smallest absolute Gasteiger partial charge is 0.264 e. The van der Waals surface area contributed by atoms with Gasteiger partial charge in [0.1, 0.15) is 23.9 Å². The van der Waals surface area contributed by atoms with Gasteiger partial charge in [0.2, 0.25) is 0 Å². The lowest BCUT2D eigenvalue weighted by molar-refractivity contribution is 0.00253. The fourth-order valence-electron chi connectivity index (χ4n) is 1.77. The molecule has 0 aromatic carbocycles. The monoisotopic (exact) mass is 253 g/mol. The van der Waals surface area contributed by atoms with Gasteiger partial charge in [-0.05, 0) is 19.1 Å². The normalized spacial score (nSPS) is 14.7. The first-order chi connectivity index (χ1) is 8.54. The molecule has 0 saturated heterocycles. The van der Waals surface area contributed by atoms with Gasteiger partial charge in [-0.2, -0.15) is 5.26 Å². The van der Waals surface area contributed by atoms with Crippen molar-refractivity contribution < 1.29 is 13.2 Å². The van der Waals surface area contributed by atoms with Crippen molar-refractivity contribution in [2.75, 3.05) is 6.67 Å². The number of rotatable bonds is 3. The molecule has 0 aliphatic rings. The zero-order valence-electron chi connectivity index (χ0n) is 9.57. The van der Waals surface area contributed by atoms with Crippen molar-refractivity contribution >= 4 is 11.0 Å². The summed E-state index contributed by atoms with van der Waals surface area (Å²) in [5.74, 6) is 0. The molecule has 0 aliphatic heterocycles. The van der Waals surface area contributed by atoms with Crippen LogP contribution in [0.2, 0.25) is 0 Å². The van der Waals surface area contributed by atoms with Gasteiger partial charge in [0, 0.05) is 17.8 Å². The average Bonchev–Trinajstić information content (AvgIpc) is 2.76. The fraction of sp³-hybridized carbons (Fsp3) is 0.333. The molecule has 18 heavy (non-hydrogen) atoms. The van der Waals surface area contributed by atoms with Crippen LogP contribution in [0.1, 0.15) is 12.5 Å². The van der Waals surface area contributed by atoms with Crippen LogP contribution in [-0.2, 0) is 5.54 Å². The van der Waals surface area contributed by atoms with E-state index in [1.54, 1.807) is 12.1 Å². The number of aromatic nitrogens is 2. The number of pyridine rings is 1. The molecule has 0 N–H and O–H groups in total. The summed E-state index contributed by atoms with van der Waals surface area (Å²) in [4.78, 5) is 3.96. The van der Waals surface area contributed by atoms with Crippen molar-refractivity contribution in [2.24, 2.45) is 0 Å². The van der Waals surface area contributed by atoms with Crippen molar-refractivity contribution in [3.63, 3.8) is 0 Å². The van der Waals surface area contributed by atoms with Crippen LogP contribution in [0, 0.1) is 11.3 Å². The molecule has 94 valence electrons. The second-order valence-electron chi connectivity index (χ2n) is 4.19. The lowest BCUT2D eigenvalue weighted by Gasteiger charge is -2.27. The lowest BCUT2D eigenvalue weighted by Crippen LogP contribution is -2.39. The number of fused-ring (bicyclic) bond motifs is 1. The van der Waals surface area contributed by atoms with Gasteiger partial charge < -0.3 is 4.57 Å². The third-order valence-corrected chi connectivity index (χ3v) is 2.97. The highest BCUT2D eigenvalue weighted by molar-refractivity contribution is 5.83. The predicted molar refractivity (Wildman–Crippen MR) is 60.1 cm³/mol. The molecule has 0 aliphatic carbocycles. The van der Waals surface area contributed by atoms with Gasteiger partial charge in [-0.25, -0.2) is 18.2 Å². The molecule has 0 amide bonds. The number of hydrogen-bond donors (Lipinski definition) is 0. The Morgan fingerprint density at radius 3 is 2.83 bits per heavy atom. The van der Waals surface area contributed by atoms with Gasteiger partial charge in [0.25, 0.3) is 6.43 Å². The van der Waals surface area contributed by atoms with Crippen LogP contribution >= 0.6 is 0 Å². The third kappa shape index (κ3) is 1.63. The highest BCUT2D eigenvalue weighted by Crippen LogP contribution is 2.31. The maximum atomic E-state index is 13.0. The summed E-state index contributed by atoms with van der Waals surface area (Å²) in [6, 6.07) is 5.10. The quantitative estimate of drug-likeness (QED) is 0.844. The van der Waals surface area contributed by atoms with Crippen LogP contribution < -0.4 is 0 Å². The van der Waals surface area contributed by atoms with E-state index in [1.165, 1.54) is 12.4 Å². The summed E-state index contributed by atoms with van der Waals surface area (Å²) in [7, 11) is 0. The van der Waals surface area contributed by atoms with Crippen molar-refractivity contribution in [3.8, 4) is 6.07 Å². The van der Waals surface area contributed by atoms with Crippen LogP contribution in [0.3, 0.4) is 0 Å². The van der Waals surface area contributed by atoms with E-state index in [2.05, 4.69) is 4.98 Å². The topological polar surface area (TPSA) is 41.6 Å². The molecule has 0 bridgehead atoms. The van der Waals surface area contributed by atoms with Crippen LogP contribution in [0.25, 0.3) is 11.0 Å². The summed E-state index contributed by atoms with van der Waals surface area (Å²) in [5.41, 5.74) is -1.62. The minimum absolute atomic E-state index is 0.189. The molecule has 2 aromatic heterocycles. The summed E-state index contributed by atoms with van der Waals surface area (Å²) in [6.07, 6.45) is -0.250. The Morgan fingerprint density at radius 2 is 2.28 bits per heavy atom. The van der Waals surface area contributed by atoms with Crippen LogP contribution in [0.5, 0.6) is 0 Å². The van der Waals surface area contributed by atoms with Gasteiger partial charge in [0.05, 0.1) is 5.56 Å². The predicted octanol–water partition coefficient (Wildman–Crippen LogP) is 2.86. The minimum atomic E-state index is -2.90. The van der Waals surface area contributed by atoms with E-state index in [0.29, 0.717) is 5.39 Å². The standard InChI is InChI=1S/C12H10F3N3/c1-12(7-13,11(14)15)18-6-8(5-16)9-3-2-4-17-10(9)18/h2-4,6,11H,7H2,1H3. The third-order valence-electron chi connectivity index (χ3n) is 2.97. The summed E-state index contributed by atoms with van der Waals surface area (Å²) in [6.45, 7) is -0.136. The van der Waals surface area contributed by atoms with E-state index in [4.69, 9.17) is 5.26 Å². The average molecular weight is 253 g/mol. The van der Waals surface area contributed by atoms with Gasteiger partial charge in [-0.3, -0.25) is 0 Å². The van der Waals surface area contributed by atoms with E-state index in [-0.39, 0.29) is 11.2 Å². The van der Waals surface area contributed by atoms with Gasteiger partial charge in [-0.15, -0.1) is 0 Å². The van der Waals surface area contributed by atoms with E-state index in [1.807, 2.05) is 6.07 Å². The highest BCUT2D eigenvalue weighted by atomic mass is 19.3. The number of halogens is 3. The maximum absolute atomic E-state index is 13.0. The molecule has 2 rings (SSSR count). The Kier molecular flexibility index (Phi) is 2.99. The molecule has 1 atom stereocenters. The second kappa shape index (κ2) is 4.33. The Labute approximate surface area is 101 Å². The maximum Gasteiger partial charge on any atom is 0.264 e. The SMILES string of the molecule is CC(CF)(C(F)F)n1cc(C#N)c2cccnc21. The molecule has 3 nitrogen and oxygen atoms in total. The molecule has 0 spiro atoms. The van der Waals surface area contributed by atoms with Crippen molar-refractivity contribution in [1.29, 1.82) is 5.26 Å². The Morgan fingerprint density at radius 1 is 1.56 bits per heavy atom. The molecule has 0 fully saturated rings. The molecule has 2 aromatic rings. The minimum Gasteiger partial charge on any atom is -0.317 e. The number of nitriles is 1. The first-order valence-electron chi connectivity index (χ1n) is 5.25. The van der Waals surface area contributed by atoms with E-state index in [9.17, 15) is 13.2 Å². The summed E-state index contributed by atoms with van der Waals surface area (Å²) in [5, 5.41) is 9.40. The summed E-state index contributed by atoms with van der Waals surface area (Å²) >= 11 is 0. The zero-order valence-corrected chi connectivity index (χ0v) is 9.57. The molecule has 0 saturated carbocycles. The molecule has 6 heteroatoms. The first-order valence-corrected chi connectivity index (χ1v) is 5.25. The van der Waals surface area contributed by atoms with Crippen LogP contribution in [0.15, 0.2) is 24.5 Å². The Bertz CT molecular complexity index is 615. The molecular formula is C12H10F3N3. The zero-order chi connectivity index (χ0) is 13.3. The Hall–Kier alpha value is -2.03. The van der Waals surface area contributed by atoms with Crippen molar-refractivity contribution in [1.82, 2.24) is 9.55 Å². The van der Waals surface area contributed by atoms with Crippen LogP contribution in [-0.4, -0.2) is 22.7 Å². The molecule has 0 radical (unpaired) electrons. The fourth-order valence-corrected chi connectivity index (χ4v) is 1.77. The van der Waals surface area contributed by atoms with Gasteiger partial charge in [-0.1, -0.05) is 0 Å². The number of hydrogen-bond acceptors (Lipinski definition) is 2. The second-order valence-corrected chi connectivity index (χ2v) is 4.19. The molecule has 2 heterocycles. The number of alkyl halides is 3. The van der Waals surface area contributed by atoms with Crippen molar-refractivity contribution in [2.45, 2.75) is 18.9 Å².